The van der Waals surface area contributed by atoms with Crippen LogP contribution in [0.1, 0.15) is 5.56 Å². The van der Waals surface area contributed by atoms with Gasteiger partial charge in [-0.25, -0.2) is 0 Å². The number of ether oxygens (including phenoxy) is 2. The van der Waals surface area contributed by atoms with Crippen molar-refractivity contribution in [2.75, 3.05) is 40.5 Å². The van der Waals surface area contributed by atoms with Crippen LogP contribution in [0, 0.1) is 0 Å². The quantitative estimate of drug-likeness (QED) is 0.642. The molecule has 0 heterocycles. The average molecular weight is 266 g/mol. The third-order valence-corrected chi connectivity index (χ3v) is 2.66. The standard InChI is InChI=1S/C14H22N2O3/c1-18-10-9-15-11-14(17)16-8-7-12-3-5-13(19-2)6-4-12/h3-6,15H,7-11H2,1-2H3,(H,16,17). The highest BCUT2D eigenvalue weighted by atomic mass is 16.5. The smallest absolute Gasteiger partial charge is 0.233 e. The van der Waals surface area contributed by atoms with Gasteiger partial charge in [-0.3, -0.25) is 4.79 Å². The molecule has 1 aromatic rings. The fourth-order valence-electron chi connectivity index (χ4n) is 1.58. The highest BCUT2D eigenvalue weighted by Gasteiger charge is 2.00. The zero-order valence-electron chi connectivity index (χ0n) is 11.6. The summed E-state index contributed by atoms with van der Waals surface area (Å²) in [6.07, 6.45) is 0.813. The van der Waals surface area contributed by atoms with Crippen LogP contribution in [-0.2, 0) is 16.0 Å². The molecule has 0 unspecified atom stereocenters. The van der Waals surface area contributed by atoms with E-state index in [4.69, 9.17) is 9.47 Å². The molecule has 0 aromatic heterocycles. The highest BCUT2D eigenvalue weighted by Crippen LogP contribution is 2.11. The van der Waals surface area contributed by atoms with Gasteiger partial charge in [0.25, 0.3) is 0 Å². The minimum atomic E-state index is 0.00427. The Bertz CT molecular complexity index is 365. The lowest BCUT2D eigenvalue weighted by atomic mass is 10.1. The molecule has 19 heavy (non-hydrogen) atoms. The second-order valence-electron chi connectivity index (χ2n) is 4.12. The summed E-state index contributed by atoms with van der Waals surface area (Å²) in [6, 6.07) is 7.84. The summed E-state index contributed by atoms with van der Waals surface area (Å²) >= 11 is 0. The second kappa shape index (κ2) is 9.35. The van der Waals surface area contributed by atoms with E-state index in [9.17, 15) is 4.79 Å². The van der Waals surface area contributed by atoms with Crippen molar-refractivity contribution in [3.63, 3.8) is 0 Å². The molecule has 1 rings (SSSR count). The molecule has 0 fully saturated rings. The summed E-state index contributed by atoms with van der Waals surface area (Å²) in [5.74, 6) is 0.847. The van der Waals surface area contributed by atoms with Gasteiger partial charge in [0.05, 0.1) is 20.3 Å². The molecule has 2 N–H and O–H groups in total. The van der Waals surface area contributed by atoms with Crippen LogP contribution in [0.5, 0.6) is 5.75 Å². The van der Waals surface area contributed by atoms with E-state index in [2.05, 4.69) is 10.6 Å². The molecule has 5 heteroatoms. The fraction of sp³-hybridized carbons (Fsp3) is 0.500. The van der Waals surface area contributed by atoms with Gasteiger partial charge in [0.2, 0.25) is 5.91 Å². The van der Waals surface area contributed by atoms with Crippen LogP contribution in [0.2, 0.25) is 0 Å². The normalized spacial score (nSPS) is 10.2. The Morgan fingerprint density at radius 1 is 1.16 bits per heavy atom. The van der Waals surface area contributed by atoms with Crippen LogP contribution in [0.4, 0.5) is 0 Å². The molecule has 0 saturated carbocycles. The van der Waals surface area contributed by atoms with Crippen molar-refractivity contribution in [1.29, 1.82) is 0 Å². The summed E-state index contributed by atoms with van der Waals surface area (Å²) in [7, 11) is 3.28. The second-order valence-corrected chi connectivity index (χ2v) is 4.12. The molecule has 0 aliphatic heterocycles. The summed E-state index contributed by atoms with van der Waals surface area (Å²) in [6.45, 7) is 2.25. The summed E-state index contributed by atoms with van der Waals surface area (Å²) in [5, 5.41) is 5.86. The molecular formula is C14H22N2O3. The van der Waals surface area contributed by atoms with Gasteiger partial charge in [-0.2, -0.15) is 0 Å². The molecule has 0 bridgehead atoms. The van der Waals surface area contributed by atoms with Crippen molar-refractivity contribution >= 4 is 5.91 Å². The van der Waals surface area contributed by atoms with Crippen molar-refractivity contribution in [1.82, 2.24) is 10.6 Å². The predicted octanol–water partition coefficient (Wildman–Crippen LogP) is 0.590. The van der Waals surface area contributed by atoms with Gasteiger partial charge >= 0.3 is 0 Å². The van der Waals surface area contributed by atoms with Gasteiger partial charge in [0.1, 0.15) is 5.75 Å². The number of methoxy groups -OCH3 is 2. The monoisotopic (exact) mass is 266 g/mol. The maximum absolute atomic E-state index is 11.5. The van der Waals surface area contributed by atoms with E-state index in [-0.39, 0.29) is 5.91 Å². The minimum absolute atomic E-state index is 0.00427. The van der Waals surface area contributed by atoms with E-state index >= 15 is 0 Å². The van der Waals surface area contributed by atoms with E-state index < -0.39 is 0 Å². The van der Waals surface area contributed by atoms with Crippen molar-refractivity contribution in [2.45, 2.75) is 6.42 Å². The molecule has 0 spiro atoms. The van der Waals surface area contributed by atoms with Gasteiger partial charge in [-0.15, -0.1) is 0 Å². The maximum Gasteiger partial charge on any atom is 0.233 e. The topological polar surface area (TPSA) is 59.6 Å². The van der Waals surface area contributed by atoms with E-state index in [0.29, 0.717) is 26.2 Å². The minimum Gasteiger partial charge on any atom is -0.497 e. The Kier molecular flexibility index (Phi) is 7.62. The first-order valence-corrected chi connectivity index (χ1v) is 6.35. The zero-order valence-corrected chi connectivity index (χ0v) is 11.6. The van der Waals surface area contributed by atoms with Gasteiger partial charge in [-0.1, -0.05) is 12.1 Å². The van der Waals surface area contributed by atoms with Crippen LogP contribution >= 0.6 is 0 Å². The van der Waals surface area contributed by atoms with Crippen LogP contribution in [-0.4, -0.2) is 46.4 Å². The lowest BCUT2D eigenvalue weighted by Gasteiger charge is -2.07. The molecule has 0 saturated heterocycles. The largest absolute Gasteiger partial charge is 0.497 e. The lowest BCUT2D eigenvalue weighted by molar-refractivity contribution is -0.120. The van der Waals surface area contributed by atoms with E-state index in [1.807, 2.05) is 24.3 Å². The molecule has 5 nitrogen and oxygen atoms in total. The Balaban J connectivity index is 2.13. The SMILES string of the molecule is COCCNCC(=O)NCCc1ccc(OC)cc1. The Labute approximate surface area is 114 Å². The molecule has 0 aliphatic carbocycles. The first-order chi connectivity index (χ1) is 9.26. The number of hydrogen-bond acceptors (Lipinski definition) is 4. The van der Waals surface area contributed by atoms with Gasteiger partial charge in [0.15, 0.2) is 0 Å². The first-order valence-electron chi connectivity index (χ1n) is 6.35. The van der Waals surface area contributed by atoms with E-state index in [1.165, 1.54) is 5.56 Å². The molecule has 1 aromatic carbocycles. The number of benzene rings is 1. The van der Waals surface area contributed by atoms with E-state index in [0.717, 1.165) is 12.2 Å². The summed E-state index contributed by atoms with van der Waals surface area (Å²) in [4.78, 5) is 11.5. The average Bonchev–Trinajstić information content (AvgIpc) is 2.44. The van der Waals surface area contributed by atoms with Gasteiger partial charge in [0, 0.05) is 20.2 Å². The Morgan fingerprint density at radius 2 is 1.89 bits per heavy atom. The molecule has 0 aliphatic rings. The summed E-state index contributed by atoms with van der Waals surface area (Å²) < 4.78 is 9.96. The molecule has 1 amide bonds. The van der Waals surface area contributed by atoms with Gasteiger partial charge in [-0.05, 0) is 24.1 Å². The highest BCUT2D eigenvalue weighted by molar-refractivity contribution is 5.77. The van der Waals surface area contributed by atoms with Crippen molar-refractivity contribution in [3.8, 4) is 5.75 Å². The molecule has 106 valence electrons. The van der Waals surface area contributed by atoms with Crippen LogP contribution in [0.15, 0.2) is 24.3 Å². The Morgan fingerprint density at radius 3 is 2.53 bits per heavy atom. The Hall–Kier alpha value is -1.59. The molecular weight excluding hydrogens is 244 g/mol. The number of hydrogen-bond donors (Lipinski definition) is 2. The van der Waals surface area contributed by atoms with Crippen molar-refractivity contribution in [3.05, 3.63) is 29.8 Å². The number of carbonyl (C=O) groups excluding carboxylic acids is 1. The number of nitrogens with one attached hydrogen (secondary N) is 2. The van der Waals surface area contributed by atoms with Crippen LogP contribution < -0.4 is 15.4 Å². The number of rotatable bonds is 9. The molecule has 0 radical (unpaired) electrons. The zero-order chi connectivity index (χ0) is 13.9. The van der Waals surface area contributed by atoms with Crippen molar-refractivity contribution < 1.29 is 14.3 Å². The van der Waals surface area contributed by atoms with Crippen LogP contribution in [0.25, 0.3) is 0 Å². The maximum atomic E-state index is 11.5. The van der Waals surface area contributed by atoms with Gasteiger partial charge < -0.3 is 20.1 Å². The van der Waals surface area contributed by atoms with Crippen LogP contribution in [0.3, 0.4) is 0 Å². The molecule has 0 atom stereocenters. The third kappa shape index (κ3) is 6.79. The lowest BCUT2D eigenvalue weighted by Crippen LogP contribution is -2.36. The predicted molar refractivity (Wildman–Crippen MR) is 74.5 cm³/mol. The first kappa shape index (κ1) is 15.5. The number of carbonyl (C=O) groups is 1. The summed E-state index contributed by atoms with van der Waals surface area (Å²) in [5.41, 5.74) is 1.17. The van der Waals surface area contributed by atoms with Crippen molar-refractivity contribution in [2.24, 2.45) is 0 Å². The third-order valence-electron chi connectivity index (χ3n) is 2.66. The van der Waals surface area contributed by atoms with E-state index in [1.54, 1.807) is 14.2 Å². The number of amides is 1. The fourth-order valence-corrected chi connectivity index (χ4v) is 1.58.